The molecule has 9 heteroatoms. The zero-order valence-corrected chi connectivity index (χ0v) is 8.87. The van der Waals surface area contributed by atoms with Gasteiger partial charge < -0.3 is 14.9 Å². The van der Waals surface area contributed by atoms with Gasteiger partial charge in [0.1, 0.15) is 6.23 Å². The number of nitrogens with zero attached hydrogens (tertiary/aromatic N) is 1. The number of nitrogens with one attached hydrogen (secondary N) is 1. The molecule has 2 heterocycles. The molecule has 3 atom stereocenters. The van der Waals surface area contributed by atoms with Crippen LogP contribution in [0.2, 0.25) is 0 Å². The summed E-state index contributed by atoms with van der Waals surface area (Å²) in [4.78, 5) is 34.6. The predicted molar refractivity (Wildman–Crippen MR) is 53.5 cm³/mol. The van der Waals surface area contributed by atoms with E-state index in [2.05, 4.69) is 0 Å². The molecule has 0 aromatic carbocycles. The molecule has 8 nitrogen and oxygen atoms in total. The Morgan fingerprint density at radius 1 is 1.56 bits per heavy atom. The fourth-order valence-corrected chi connectivity index (χ4v) is 1.72. The van der Waals surface area contributed by atoms with Gasteiger partial charge >= 0.3 is 11.7 Å². The van der Waals surface area contributed by atoms with E-state index in [1.165, 1.54) is 0 Å². The zero-order chi connectivity index (χ0) is 13.4. The van der Waals surface area contributed by atoms with Crippen molar-refractivity contribution in [2.24, 2.45) is 0 Å². The number of aromatic amines is 1. The van der Waals surface area contributed by atoms with E-state index >= 15 is 0 Å². The molecule has 2 rings (SSSR count). The fourth-order valence-electron chi connectivity index (χ4n) is 1.72. The first kappa shape index (κ1) is 12.5. The Morgan fingerprint density at radius 3 is 2.78 bits per heavy atom. The number of aliphatic hydroxyl groups is 1. The third-order valence-corrected chi connectivity index (χ3v) is 2.57. The van der Waals surface area contributed by atoms with Crippen molar-refractivity contribution < 1.29 is 24.1 Å². The van der Waals surface area contributed by atoms with Gasteiger partial charge in [0.15, 0.2) is 6.10 Å². The minimum absolute atomic E-state index is 0.192. The molecule has 1 fully saturated rings. The third-order valence-electron chi connectivity index (χ3n) is 2.57. The lowest BCUT2D eigenvalue weighted by atomic mass is 10.2. The summed E-state index contributed by atoms with van der Waals surface area (Å²) in [5.41, 5.74) is -2.12. The number of ether oxygens (including phenoxy) is 1. The van der Waals surface area contributed by atoms with Crippen molar-refractivity contribution in [3.05, 3.63) is 32.9 Å². The van der Waals surface area contributed by atoms with E-state index in [9.17, 15) is 23.9 Å². The summed E-state index contributed by atoms with van der Waals surface area (Å²) in [6, 6.07) is 0. The highest BCUT2D eigenvalue weighted by Crippen LogP contribution is 2.27. The van der Waals surface area contributed by atoms with Gasteiger partial charge in [0.25, 0.3) is 5.56 Å². The molecule has 1 aliphatic rings. The summed E-state index contributed by atoms with van der Waals surface area (Å²) in [6.07, 6.45) is -3.52. The van der Waals surface area contributed by atoms with Crippen LogP contribution in [0.4, 0.5) is 4.39 Å². The lowest BCUT2D eigenvalue weighted by Crippen LogP contribution is -2.34. The molecule has 0 spiro atoms. The second-order valence-electron chi connectivity index (χ2n) is 3.80. The molecule has 0 aliphatic carbocycles. The Morgan fingerprint density at radius 2 is 2.22 bits per heavy atom. The van der Waals surface area contributed by atoms with Gasteiger partial charge in [-0.15, -0.1) is 0 Å². The van der Waals surface area contributed by atoms with E-state index in [0.29, 0.717) is 10.8 Å². The van der Waals surface area contributed by atoms with Crippen molar-refractivity contribution >= 4 is 5.97 Å². The van der Waals surface area contributed by atoms with Crippen LogP contribution in [0, 0.1) is 5.82 Å². The molecule has 1 aromatic rings. The minimum atomic E-state index is -1.49. The zero-order valence-electron chi connectivity index (χ0n) is 8.87. The predicted octanol–water partition coefficient (Wildman–Crippen LogP) is -1.59. The average molecular weight is 260 g/mol. The van der Waals surface area contributed by atoms with Crippen LogP contribution in [0.25, 0.3) is 0 Å². The van der Waals surface area contributed by atoms with Crippen LogP contribution >= 0.6 is 0 Å². The van der Waals surface area contributed by atoms with Crippen molar-refractivity contribution in [3.63, 3.8) is 0 Å². The molecule has 0 bridgehead atoms. The standard InChI is InChI=1S/C9H9FN2O6/c10-3-2-12(9(17)11-7(3)14)5-1-4(13)6(18-5)8(15)16/h2,4-6,13H,1H2,(H,15,16)(H,11,14,17)/t4?,5-,6?/m0/s1. The van der Waals surface area contributed by atoms with Crippen LogP contribution in [0.15, 0.2) is 15.8 Å². The first-order chi connectivity index (χ1) is 8.40. The number of rotatable bonds is 2. The Hall–Kier alpha value is -2.00. The molecule has 0 saturated carbocycles. The Bertz CT molecular complexity index is 593. The average Bonchev–Trinajstić information content (AvgIpc) is 2.65. The number of carbonyl (C=O) groups is 1. The molecule has 0 radical (unpaired) electrons. The van der Waals surface area contributed by atoms with Gasteiger partial charge in [-0.25, -0.2) is 9.59 Å². The van der Waals surface area contributed by atoms with Crippen molar-refractivity contribution in [2.45, 2.75) is 24.9 Å². The molecular formula is C9H9FN2O6. The highest BCUT2D eigenvalue weighted by atomic mass is 19.1. The summed E-state index contributed by atoms with van der Waals surface area (Å²) >= 11 is 0. The summed E-state index contributed by atoms with van der Waals surface area (Å²) in [6.45, 7) is 0. The number of aliphatic hydroxyl groups excluding tert-OH is 1. The highest BCUT2D eigenvalue weighted by Gasteiger charge is 2.40. The monoisotopic (exact) mass is 260 g/mol. The molecule has 1 aliphatic heterocycles. The molecule has 1 saturated heterocycles. The molecular weight excluding hydrogens is 251 g/mol. The summed E-state index contributed by atoms with van der Waals surface area (Å²) in [5, 5.41) is 18.1. The van der Waals surface area contributed by atoms with Gasteiger partial charge in [0.2, 0.25) is 5.82 Å². The first-order valence-electron chi connectivity index (χ1n) is 4.97. The topological polar surface area (TPSA) is 122 Å². The molecule has 18 heavy (non-hydrogen) atoms. The van der Waals surface area contributed by atoms with Crippen LogP contribution in [0.5, 0.6) is 0 Å². The number of hydrogen-bond acceptors (Lipinski definition) is 5. The molecule has 1 aromatic heterocycles. The smallest absolute Gasteiger partial charge is 0.335 e. The van der Waals surface area contributed by atoms with Gasteiger partial charge in [-0.3, -0.25) is 14.3 Å². The van der Waals surface area contributed by atoms with E-state index in [-0.39, 0.29) is 6.42 Å². The Balaban J connectivity index is 2.35. The van der Waals surface area contributed by atoms with Crippen molar-refractivity contribution in [1.82, 2.24) is 9.55 Å². The number of carboxylic acid groups (broad SMARTS) is 1. The number of aliphatic carboxylic acids is 1. The van der Waals surface area contributed by atoms with Crippen LogP contribution < -0.4 is 11.2 Å². The summed E-state index contributed by atoms with van der Waals surface area (Å²) in [5.74, 6) is -2.59. The van der Waals surface area contributed by atoms with Gasteiger partial charge in [-0.1, -0.05) is 0 Å². The van der Waals surface area contributed by atoms with Crippen molar-refractivity contribution in [3.8, 4) is 0 Å². The lowest BCUT2D eigenvalue weighted by molar-refractivity contribution is -0.155. The Labute approximate surface area is 98.3 Å². The third kappa shape index (κ3) is 2.05. The van der Waals surface area contributed by atoms with E-state index in [1.54, 1.807) is 4.98 Å². The Kier molecular flexibility index (Phi) is 3.01. The van der Waals surface area contributed by atoms with Crippen LogP contribution in [0.3, 0.4) is 0 Å². The number of H-pyrrole nitrogens is 1. The molecule has 98 valence electrons. The fraction of sp³-hybridized carbons (Fsp3) is 0.444. The van der Waals surface area contributed by atoms with Gasteiger partial charge in [-0.2, -0.15) is 4.39 Å². The molecule has 2 unspecified atom stereocenters. The lowest BCUT2D eigenvalue weighted by Gasteiger charge is -2.13. The maximum atomic E-state index is 13.0. The van der Waals surface area contributed by atoms with E-state index in [0.717, 1.165) is 0 Å². The summed E-state index contributed by atoms with van der Waals surface area (Å²) < 4.78 is 18.6. The van der Waals surface area contributed by atoms with Gasteiger partial charge in [0, 0.05) is 6.42 Å². The van der Waals surface area contributed by atoms with Crippen LogP contribution in [0.1, 0.15) is 12.6 Å². The van der Waals surface area contributed by atoms with Crippen LogP contribution in [-0.4, -0.2) is 37.9 Å². The largest absolute Gasteiger partial charge is 0.479 e. The first-order valence-corrected chi connectivity index (χ1v) is 4.97. The quantitative estimate of drug-likeness (QED) is 0.589. The minimum Gasteiger partial charge on any atom is -0.479 e. The maximum Gasteiger partial charge on any atom is 0.335 e. The van der Waals surface area contributed by atoms with E-state index in [1.807, 2.05) is 0 Å². The summed E-state index contributed by atoms with van der Waals surface area (Å²) in [7, 11) is 0. The maximum absolute atomic E-state index is 13.0. The van der Waals surface area contributed by atoms with Gasteiger partial charge in [0.05, 0.1) is 12.3 Å². The van der Waals surface area contributed by atoms with E-state index in [4.69, 9.17) is 9.84 Å². The normalized spacial score (nSPS) is 27.3. The number of aromatic nitrogens is 2. The SMILES string of the molecule is O=C(O)C1O[C@H](n2cc(F)c(=O)[nH]c2=O)CC1O. The molecule has 3 N–H and O–H groups in total. The van der Waals surface area contributed by atoms with Crippen LogP contribution in [-0.2, 0) is 9.53 Å². The molecule has 0 amide bonds. The second-order valence-corrected chi connectivity index (χ2v) is 3.80. The van der Waals surface area contributed by atoms with Crippen molar-refractivity contribution in [2.75, 3.05) is 0 Å². The van der Waals surface area contributed by atoms with E-state index < -0.39 is 41.5 Å². The van der Waals surface area contributed by atoms with Crippen molar-refractivity contribution in [1.29, 1.82) is 0 Å². The van der Waals surface area contributed by atoms with Gasteiger partial charge in [-0.05, 0) is 0 Å². The number of carboxylic acids is 1. The highest BCUT2D eigenvalue weighted by molar-refractivity contribution is 5.73. The number of hydrogen-bond donors (Lipinski definition) is 3. The number of halogens is 1. The second kappa shape index (κ2) is 4.35.